The SMILES string of the molecule is CCOC(=O)C(CC)NC(=O)c1ccccc1N. The maximum Gasteiger partial charge on any atom is 0.328 e. The molecule has 98 valence electrons. The molecule has 18 heavy (non-hydrogen) atoms. The Morgan fingerprint density at radius 2 is 2.00 bits per heavy atom. The molecule has 0 aromatic heterocycles. The highest BCUT2D eigenvalue weighted by Crippen LogP contribution is 2.10. The first-order valence-electron chi connectivity index (χ1n) is 5.92. The van der Waals surface area contributed by atoms with Crippen molar-refractivity contribution in [2.24, 2.45) is 0 Å². The van der Waals surface area contributed by atoms with Gasteiger partial charge in [-0.25, -0.2) is 4.79 Å². The Labute approximate surface area is 106 Å². The van der Waals surface area contributed by atoms with Gasteiger partial charge in [0.15, 0.2) is 0 Å². The van der Waals surface area contributed by atoms with Crippen LogP contribution in [0.4, 0.5) is 5.69 Å². The summed E-state index contributed by atoms with van der Waals surface area (Å²) in [5.41, 5.74) is 6.44. The van der Waals surface area contributed by atoms with Gasteiger partial charge in [0.05, 0.1) is 12.2 Å². The van der Waals surface area contributed by atoms with Gasteiger partial charge in [-0.15, -0.1) is 0 Å². The number of hydrogen-bond donors (Lipinski definition) is 2. The third-order valence-electron chi connectivity index (χ3n) is 2.49. The number of carbonyl (C=O) groups excluding carboxylic acids is 2. The lowest BCUT2D eigenvalue weighted by atomic mass is 10.1. The van der Waals surface area contributed by atoms with E-state index in [1.54, 1.807) is 38.1 Å². The molecule has 0 heterocycles. The number of amides is 1. The third-order valence-corrected chi connectivity index (χ3v) is 2.49. The number of nitrogens with two attached hydrogens (primary N) is 1. The molecule has 0 saturated heterocycles. The van der Waals surface area contributed by atoms with Gasteiger partial charge >= 0.3 is 5.97 Å². The summed E-state index contributed by atoms with van der Waals surface area (Å²) in [6, 6.07) is 6.07. The fourth-order valence-corrected chi connectivity index (χ4v) is 1.51. The molecule has 1 aromatic rings. The van der Waals surface area contributed by atoms with E-state index in [1.807, 2.05) is 0 Å². The van der Waals surface area contributed by atoms with Gasteiger partial charge in [0.2, 0.25) is 0 Å². The lowest BCUT2D eigenvalue weighted by Gasteiger charge is -2.16. The first kappa shape index (κ1) is 14.0. The largest absolute Gasteiger partial charge is 0.464 e. The van der Waals surface area contributed by atoms with Gasteiger partial charge in [0, 0.05) is 5.69 Å². The Kier molecular flexibility index (Phi) is 5.17. The summed E-state index contributed by atoms with van der Waals surface area (Å²) in [4.78, 5) is 23.5. The average Bonchev–Trinajstić information content (AvgIpc) is 2.36. The smallest absolute Gasteiger partial charge is 0.328 e. The summed E-state index contributed by atoms with van der Waals surface area (Å²) < 4.78 is 4.88. The molecular formula is C13H18N2O3. The first-order valence-corrected chi connectivity index (χ1v) is 5.92. The van der Waals surface area contributed by atoms with Gasteiger partial charge < -0.3 is 15.8 Å². The Hall–Kier alpha value is -2.04. The number of benzene rings is 1. The number of esters is 1. The second-order valence-corrected chi connectivity index (χ2v) is 3.77. The fourth-order valence-electron chi connectivity index (χ4n) is 1.51. The van der Waals surface area contributed by atoms with Crippen LogP contribution in [0.3, 0.4) is 0 Å². The van der Waals surface area contributed by atoms with Gasteiger partial charge in [-0.05, 0) is 25.5 Å². The second-order valence-electron chi connectivity index (χ2n) is 3.77. The number of ether oxygens (including phenoxy) is 1. The molecule has 1 atom stereocenters. The van der Waals surface area contributed by atoms with Crippen LogP contribution in [0.2, 0.25) is 0 Å². The number of para-hydroxylation sites is 1. The lowest BCUT2D eigenvalue weighted by Crippen LogP contribution is -2.41. The topological polar surface area (TPSA) is 81.4 Å². The highest BCUT2D eigenvalue weighted by molar-refractivity contribution is 6.00. The number of carbonyl (C=O) groups is 2. The van der Waals surface area contributed by atoms with E-state index in [-0.39, 0.29) is 5.91 Å². The first-order chi connectivity index (χ1) is 8.60. The molecule has 5 heteroatoms. The van der Waals surface area contributed by atoms with Crippen LogP contribution in [0, 0.1) is 0 Å². The van der Waals surface area contributed by atoms with E-state index in [0.717, 1.165) is 0 Å². The van der Waals surface area contributed by atoms with E-state index in [9.17, 15) is 9.59 Å². The Morgan fingerprint density at radius 3 is 2.56 bits per heavy atom. The zero-order valence-electron chi connectivity index (χ0n) is 10.6. The van der Waals surface area contributed by atoms with Crippen molar-refractivity contribution in [2.45, 2.75) is 26.3 Å². The predicted molar refractivity (Wildman–Crippen MR) is 69.0 cm³/mol. The lowest BCUT2D eigenvalue weighted by molar-refractivity contribution is -0.145. The van der Waals surface area contributed by atoms with E-state index < -0.39 is 12.0 Å². The van der Waals surface area contributed by atoms with Crippen LogP contribution >= 0.6 is 0 Å². The maximum absolute atomic E-state index is 11.9. The van der Waals surface area contributed by atoms with Crippen molar-refractivity contribution in [3.8, 4) is 0 Å². The standard InChI is InChI=1S/C13H18N2O3/c1-3-11(13(17)18-4-2)15-12(16)9-7-5-6-8-10(9)14/h5-8,11H,3-4,14H2,1-2H3,(H,15,16). The molecule has 3 N–H and O–H groups in total. The highest BCUT2D eigenvalue weighted by atomic mass is 16.5. The number of nitrogen functional groups attached to an aromatic ring is 1. The summed E-state index contributed by atoms with van der Waals surface area (Å²) in [7, 11) is 0. The predicted octanol–water partition coefficient (Wildman–Crippen LogP) is 1.34. The molecule has 1 amide bonds. The van der Waals surface area contributed by atoms with Crippen LogP contribution < -0.4 is 11.1 Å². The van der Waals surface area contributed by atoms with Crippen LogP contribution in [0.1, 0.15) is 30.6 Å². The van der Waals surface area contributed by atoms with Gasteiger partial charge in [-0.1, -0.05) is 19.1 Å². The van der Waals surface area contributed by atoms with E-state index in [0.29, 0.717) is 24.3 Å². The van der Waals surface area contributed by atoms with Crippen molar-refractivity contribution in [3.05, 3.63) is 29.8 Å². The van der Waals surface area contributed by atoms with Crippen molar-refractivity contribution in [3.63, 3.8) is 0 Å². The summed E-state index contributed by atoms with van der Waals surface area (Å²) >= 11 is 0. The fraction of sp³-hybridized carbons (Fsp3) is 0.385. The normalized spacial score (nSPS) is 11.7. The Bertz CT molecular complexity index is 432. The number of rotatable bonds is 5. The third kappa shape index (κ3) is 3.48. The van der Waals surface area contributed by atoms with Gasteiger partial charge in [-0.2, -0.15) is 0 Å². The molecule has 5 nitrogen and oxygen atoms in total. The van der Waals surface area contributed by atoms with Gasteiger partial charge in [0.25, 0.3) is 5.91 Å². The van der Waals surface area contributed by atoms with E-state index >= 15 is 0 Å². The minimum Gasteiger partial charge on any atom is -0.464 e. The molecule has 0 radical (unpaired) electrons. The number of hydrogen-bond acceptors (Lipinski definition) is 4. The highest BCUT2D eigenvalue weighted by Gasteiger charge is 2.21. The summed E-state index contributed by atoms with van der Waals surface area (Å²) in [5.74, 6) is -0.796. The van der Waals surface area contributed by atoms with Crippen LogP contribution in [0.15, 0.2) is 24.3 Å². The van der Waals surface area contributed by atoms with Crippen molar-refractivity contribution in [1.82, 2.24) is 5.32 Å². The van der Waals surface area contributed by atoms with Crippen LogP contribution in [0.25, 0.3) is 0 Å². The molecule has 1 unspecified atom stereocenters. The summed E-state index contributed by atoms with van der Waals surface area (Å²) in [5, 5.41) is 2.61. The van der Waals surface area contributed by atoms with Crippen molar-refractivity contribution in [1.29, 1.82) is 0 Å². The molecule has 1 rings (SSSR count). The molecule has 0 aliphatic carbocycles. The minimum atomic E-state index is -0.642. The zero-order valence-corrected chi connectivity index (χ0v) is 10.6. The van der Waals surface area contributed by atoms with E-state index in [1.165, 1.54) is 0 Å². The zero-order chi connectivity index (χ0) is 13.5. The van der Waals surface area contributed by atoms with Gasteiger partial charge in [-0.3, -0.25) is 4.79 Å². The maximum atomic E-state index is 11.9. The van der Waals surface area contributed by atoms with Crippen molar-refractivity contribution < 1.29 is 14.3 Å². The molecule has 0 bridgehead atoms. The monoisotopic (exact) mass is 250 g/mol. The Balaban J connectivity index is 2.74. The molecule has 0 spiro atoms. The van der Waals surface area contributed by atoms with Crippen LogP contribution in [0.5, 0.6) is 0 Å². The summed E-state index contributed by atoms with van der Waals surface area (Å²) in [6.45, 7) is 3.82. The molecule has 1 aromatic carbocycles. The molecule has 0 fully saturated rings. The number of anilines is 1. The van der Waals surface area contributed by atoms with Crippen LogP contribution in [-0.2, 0) is 9.53 Å². The van der Waals surface area contributed by atoms with Crippen LogP contribution in [-0.4, -0.2) is 24.5 Å². The van der Waals surface area contributed by atoms with Crippen molar-refractivity contribution in [2.75, 3.05) is 12.3 Å². The van der Waals surface area contributed by atoms with Crippen molar-refractivity contribution >= 4 is 17.6 Å². The molecule has 0 saturated carbocycles. The minimum absolute atomic E-state index is 0.290. The summed E-state index contributed by atoms with van der Waals surface area (Å²) in [6.07, 6.45) is 0.470. The second kappa shape index (κ2) is 6.64. The quantitative estimate of drug-likeness (QED) is 0.610. The molecule has 0 aliphatic heterocycles. The van der Waals surface area contributed by atoms with E-state index in [2.05, 4.69) is 5.32 Å². The van der Waals surface area contributed by atoms with E-state index in [4.69, 9.17) is 10.5 Å². The number of nitrogens with one attached hydrogen (secondary N) is 1. The molecule has 0 aliphatic rings. The molecular weight excluding hydrogens is 232 g/mol. The average molecular weight is 250 g/mol. The Morgan fingerprint density at radius 1 is 1.33 bits per heavy atom. The van der Waals surface area contributed by atoms with Gasteiger partial charge in [0.1, 0.15) is 6.04 Å².